The summed E-state index contributed by atoms with van der Waals surface area (Å²) in [4.78, 5) is 6.09. The summed E-state index contributed by atoms with van der Waals surface area (Å²) in [5.41, 5.74) is 8.19. The highest BCUT2D eigenvalue weighted by Crippen LogP contribution is 2.25. The Kier molecular flexibility index (Phi) is 4.02. The van der Waals surface area contributed by atoms with Crippen molar-refractivity contribution in [1.82, 2.24) is 4.98 Å². The van der Waals surface area contributed by atoms with Crippen molar-refractivity contribution in [3.05, 3.63) is 58.9 Å². The van der Waals surface area contributed by atoms with Crippen LogP contribution in [0.3, 0.4) is 0 Å². The number of nitrogens with two attached hydrogens (primary N) is 1. The standard InChI is InChI=1S/C14H15ClN4/c1-19(9-10-3-2-6-18-8-10)13-7-11(15)4-5-12(13)14(16)17/h2-8H,9H2,1H3,(H3,16,17). The molecule has 0 aliphatic rings. The first-order chi connectivity index (χ1) is 9.08. The summed E-state index contributed by atoms with van der Waals surface area (Å²) in [6.07, 6.45) is 3.55. The minimum Gasteiger partial charge on any atom is -0.384 e. The van der Waals surface area contributed by atoms with E-state index >= 15 is 0 Å². The summed E-state index contributed by atoms with van der Waals surface area (Å²) in [5.74, 6) is 0.0321. The van der Waals surface area contributed by atoms with Crippen LogP contribution in [-0.2, 0) is 6.54 Å². The van der Waals surface area contributed by atoms with Crippen LogP contribution in [0.15, 0.2) is 42.7 Å². The number of hydrogen-bond acceptors (Lipinski definition) is 3. The van der Waals surface area contributed by atoms with Gasteiger partial charge in [-0.15, -0.1) is 0 Å². The highest BCUT2D eigenvalue weighted by Gasteiger charge is 2.11. The molecule has 5 heteroatoms. The Morgan fingerprint density at radius 2 is 2.21 bits per heavy atom. The molecule has 0 aliphatic carbocycles. The smallest absolute Gasteiger partial charge is 0.124 e. The number of aromatic nitrogens is 1. The van der Waals surface area contributed by atoms with E-state index in [-0.39, 0.29) is 5.84 Å². The van der Waals surface area contributed by atoms with Gasteiger partial charge in [0.15, 0.2) is 0 Å². The lowest BCUT2D eigenvalue weighted by Crippen LogP contribution is -2.22. The molecular weight excluding hydrogens is 260 g/mol. The Hall–Kier alpha value is -2.07. The summed E-state index contributed by atoms with van der Waals surface area (Å²) in [6, 6.07) is 9.21. The molecule has 3 N–H and O–H groups in total. The number of nitrogens with one attached hydrogen (secondary N) is 1. The summed E-state index contributed by atoms with van der Waals surface area (Å²) in [5, 5.41) is 8.24. The van der Waals surface area contributed by atoms with Gasteiger partial charge in [0.1, 0.15) is 5.84 Å². The second kappa shape index (κ2) is 5.71. The molecule has 0 unspecified atom stereocenters. The predicted molar refractivity (Wildman–Crippen MR) is 78.8 cm³/mol. The van der Waals surface area contributed by atoms with E-state index < -0.39 is 0 Å². The average Bonchev–Trinajstić information content (AvgIpc) is 2.39. The van der Waals surface area contributed by atoms with Crippen molar-refractivity contribution in [2.75, 3.05) is 11.9 Å². The van der Waals surface area contributed by atoms with E-state index in [1.807, 2.05) is 36.3 Å². The van der Waals surface area contributed by atoms with Gasteiger partial charge in [-0.3, -0.25) is 10.4 Å². The fraction of sp³-hybridized carbons (Fsp3) is 0.143. The van der Waals surface area contributed by atoms with Crippen molar-refractivity contribution in [2.45, 2.75) is 6.54 Å². The fourth-order valence-electron chi connectivity index (χ4n) is 1.90. The zero-order valence-electron chi connectivity index (χ0n) is 10.6. The Bertz CT molecular complexity index is 583. The van der Waals surface area contributed by atoms with E-state index in [9.17, 15) is 0 Å². The lowest BCUT2D eigenvalue weighted by molar-refractivity contribution is 0.913. The van der Waals surface area contributed by atoms with Crippen molar-refractivity contribution in [3.63, 3.8) is 0 Å². The highest BCUT2D eigenvalue weighted by atomic mass is 35.5. The van der Waals surface area contributed by atoms with Crippen LogP contribution in [0.1, 0.15) is 11.1 Å². The molecule has 0 spiro atoms. The van der Waals surface area contributed by atoms with Gasteiger partial charge in [0.2, 0.25) is 0 Å². The normalized spacial score (nSPS) is 10.2. The van der Waals surface area contributed by atoms with Crippen LogP contribution < -0.4 is 10.6 Å². The van der Waals surface area contributed by atoms with Gasteiger partial charge >= 0.3 is 0 Å². The van der Waals surface area contributed by atoms with E-state index in [0.29, 0.717) is 17.1 Å². The van der Waals surface area contributed by atoms with Crippen molar-refractivity contribution in [3.8, 4) is 0 Å². The molecule has 98 valence electrons. The molecular formula is C14H15ClN4. The second-order valence-corrected chi connectivity index (χ2v) is 4.73. The number of nitrogens with zero attached hydrogens (tertiary/aromatic N) is 2. The van der Waals surface area contributed by atoms with Crippen LogP contribution in [-0.4, -0.2) is 17.9 Å². The van der Waals surface area contributed by atoms with Crippen LogP contribution >= 0.6 is 11.6 Å². The SMILES string of the molecule is CN(Cc1cccnc1)c1cc(Cl)ccc1C(=N)N. The van der Waals surface area contributed by atoms with Crippen molar-refractivity contribution < 1.29 is 0 Å². The number of pyridine rings is 1. The molecule has 0 radical (unpaired) electrons. The van der Waals surface area contributed by atoms with Crippen LogP contribution in [0.2, 0.25) is 5.02 Å². The fourth-order valence-corrected chi connectivity index (χ4v) is 2.07. The monoisotopic (exact) mass is 274 g/mol. The van der Waals surface area contributed by atoms with Crippen molar-refractivity contribution >= 4 is 23.1 Å². The van der Waals surface area contributed by atoms with Gasteiger partial charge in [0.05, 0.1) is 0 Å². The minimum absolute atomic E-state index is 0.0321. The largest absolute Gasteiger partial charge is 0.384 e. The minimum atomic E-state index is 0.0321. The summed E-state index contributed by atoms with van der Waals surface area (Å²) < 4.78 is 0. The molecule has 0 fully saturated rings. The van der Waals surface area contributed by atoms with Crippen LogP contribution in [0, 0.1) is 5.41 Å². The third kappa shape index (κ3) is 3.23. The van der Waals surface area contributed by atoms with Gasteiger partial charge in [-0.25, -0.2) is 0 Å². The first-order valence-electron chi connectivity index (χ1n) is 5.82. The maximum Gasteiger partial charge on any atom is 0.124 e. The number of rotatable bonds is 4. The van der Waals surface area contributed by atoms with Gasteiger partial charge < -0.3 is 10.6 Å². The molecule has 1 heterocycles. The van der Waals surface area contributed by atoms with E-state index in [0.717, 1.165) is 11.3 Å². The lowest BCUT2D eigenvalue weighted by Gasteiger charge is -2.22. The maximum atomic E-state index is 7.62. The Balaban J connectivity index is 2.30. The predicted octanol–water partition coefficient (Wildman–Crippen LogP) is 2.66. The van der Waals surface area contributed by atoms with Crippen LogP contribution in [0.5, 0.6) is 0 Å². The lowest BCUT2D eigenvalue weighted by atomic mass is 10.1. The average molecular weight is 275 g/mol. The molecule has 2 aromatic rings. The summed E-state index contributed by atoms with van der Waals surface area (Å²) >= 11 is 6.02. The van der Waals surface area contributed by atoms with Crippen LogP contribution in [0.4, 0.5) is 5.69 Å². The Labute approximate surface area is 117 Å². The molecule has 19 heavy (non-hydrogen) atoms. The molecule has 0 aliphatic heterocycles. The van der Waals surface area contributed by atoms with Gasteiger partial charge in [-0.2, -0.15) is 0 Å². The molecule has 2 rings (SSSR count). The summed E-state index contributed by atoms with van der Waals surface area (Å²) in [7, 11) is 1.94. The zero-order chi connectivity index (χ0) is 13.8. The van der Waals surface area contributed by atoms with Crippen molar-refractivity contribution in [1.29, 1.82) is 5.41 Å². The molecule has 0 saturated heterocycles. The maximum absolute atomic E-state index is 7.62. The van der Waals surface area contributed by atoms with E-state index in [1.54, 1.807) is 18.3 Å². The van der Waals surface area contributed by atoms with E-state index in [2.05, 4.69) is 4.98 Å². The number of nitrogen functional groups attached to an aromatic ring is 1. The third-order valence-electron chi connectivity index (χ3n) is 2.80. The van der Waals surface area contributed by atoms with E-state index in [4.69, 9.17) is 22.7 Å². The topological polar surface area (TPSA) is 66.0 Å². The molecule has 0 atom stereocenters. The summed E-state index contributed by atoms with van der Waals surface area (Å²) in [6.45, 7) is 0.675. The Morgan fingerprint density at radius 3 is 2.84 bits per heavy atom. The first kappa shape index (κ1) is 13.4. The van der Waals surface area contributed by atoms with E-state index in [1.165, 1.54) is 0 Å². The molecule has 4 nitrogen and oxygen atoms in total. The molecule has 0 bridgehead atoms. The third-order valence-corrected chi connectivity index (χ3v) is 3.04. The number of anilines is 1. The van der Waals surface area contributed by atoms with Crippen molar-refractivity contribution in [2.24, 2.45) is 5.73 Å². The quantitative estimate of drug-likeness (QED) is 0.665. The molecule has 0 saturated carbocycles. The zero-order valence-corrected chi connectivity index (χ0v) is 11.4. The first-order valence-corrected chi connectivity index (χ1v) is 6.19. The van der Waals surface area contributed by atoms with Gasteiger partial charge in [0.25, 0.3) is 0 Å². The van der Waals surface area contributed by atoms with Gasteiger partial charge in [-0.05, 0) is 29.8 Å². The second-order valence-electron chi connectivity index (χ2n) is 4.29. The number of halogens is 1. The number of hydrogen-bond donors (Lipinski definition) is 2. The molecule has 1 aromatic carbocycles. The molecule has 0 amide bonds. The molecule has 1 aromatic heterocycles. The highest BCUT2D eigenvalue weighted by molar-refractivity contribution is 6.31. The van der Waals surface area contributed by atoms with Gasteiger partial charge in [0, 0.05) is 42.3 Å². The number of benzene rings is 1. The Morgan fingerprint density at radius 1 is 1.42 bits per heavy atom. The van der Waals surface area contributed by atoms with Gasteiger partial charge in [-0.1, -0.05) is 17.7 Å². The number of amidine groups is 1. The van der Waals surface area contributed by atoms with Crippen LogP contribution in [0.25, 0.3) is 0 Å².